The second kappa shape index (κ2) is 3.69. The number of ether oxygens (including phenoxy) is 2. The molecule has 1 aromatic rings. The van der Waals surface area contributed by atoms with Gasteiger partial charge in [-0.3, -0.25) is 0 Å². The maximum Gasteiger partial charge on any atom is 0.130 e. The van der Waals surface area contributed by atoms with Crippen LogP contribution in [0, 0.1) is 12.0 Å². The first-order valence-corrected chi connectivity index (χ1v) is 4.57. The molecular weight excluding hydrogens is 164 g/mol. The lowest BCUT2D eigenvalue weighted by molar-refractivity contribution is 0.297. The largest absolute Gasteiger partial charge is 0.497 e. The van der Waals surface area contributed by atoms with Crippen LogP contribution in [0.4, 0.5) is 0 Å². The highest BCUT2D eigenvalue weighted by molar-refractivity contribution is 5.31. The molecule has 69 valence electrons. The van der Waals surface area contributed by atoms with Gasteiger partial charge in [-0.25, -0.2) is 0 Å². The Balaban J connectivity index is 1.93. The average Bonchev–Trinajstić information content (AvgIpc) is 2.99. The van der Waals surface area contributed by atoms with E-state index in [-0.39, 0.29) is 0 Å². The topological polar surface area (TPSA) is 18.5 Å². The SMILES string of the molecule is COc1cc[c]c(OCC2CC2)c1. The molecule has 1 saturated carbocycles. The standard InChI is InChI=1S/C11H13O2/c1-12-10-3-2-4-11(7-10)13-8-9-5-6-9/h2-3,7,9H,5-6,8H2,1H3. The summed E-state index contributed by atoms with van der Waals surface area (Å²) in [4.78, 5) is 0. The minimum atomic E-state index is 0.777. The smallest absolute Gasteiger partial charge is 0.130 e. The van der Waals surface area contributed by atoms with Crippen molar-refractivity contribution in [2.75, 3.05) is 13.7 Å². The lowest BCUT2D eigenvalue weighted by atomic mass is 10.3. The van der Waals surface area contributed by atoms with Crippen molar-refractivity contribution >= 4 is 0 Å². The first kappa shape index (κ1) is 8.42. The predicted octanol–water partition coefficient (Wildman–Crippen LogP) is 2.28. The van der Waals surface area contributed by atoms with Gasteiger partial charge < -0.3 is 9.47 Å². The van der Waals surface area contributed by atoms with Gasteiger partial charge in [0.05, 0.1) is 13.7 Å². The van der Waals surface area contributed by atoms with E-state index in [2.05, 4.69) is 6.07 Å². The van der Waals surface area contributed by atoms with Gasteiger partial charge in [0.25, 0.3) is 0 Å². The molecule has 0 atom stereocenters. The van der Waals surface area contributed by atoms with Crippen LogP contribution < -0.4 is 9.47 Å². The van der Waals surface area contributed by atoms with Gasteiger partial charge in [0, 0.05) is 12.1 Å². The Morgan fingerprint density at radius 1 is 1.54 bits per heavy atom. The van der Waals surface area contributed by atoms with Gasteiger partial charge in [0.1, 0.15) is 11.5 Å². The van der Waals surface area contributed by atoms with Crippen molar-refractivity contribution in [1.29, 1.82) is 0 Å². The summed E-state index contributed by atoms with van der Waals surface area (Å²) in [5.74, 6) is 2.38. The van der Waals surface area contributed by atoms with E-state index in [4.69, 9.17) is 9.47 Å². The van der Waals surface area contributed by atoms with Crippen LogP contribution in [0.1, 0.15) is 12.8 Å². The summed E-state index contributed by atoms with van der Waals surface area (Å²) in [5.41, 5.74) is 0. The molecule has 0 unspecified atom stereocenters. The quantitative estimate of drug-likeness (QED) is 0.702. The molecule has 0 amide bonds. The Labute approximate surface area is 78.5 Å². The van der Waals surface area contributed by atoms with Crippen molar-refractivity contribution in [3.05, 3.63) is 24.3 Å². The summed E-state index contributed by atoms with van der Waals surface area (Å²) in [5, 5.41) is 0. The van der Waals surface area contributed by atoms with Crippen LogP contribution in [0.2, 0.25) is 0 Å². The second-order valence-corrected chi connectivity index (χ2v) is 3.35. The van der Waals surface area contributed by atoms with Gasteiger partial charge in [-0.1, -0.05) is 0 Å². The van der Waals surface area contributed by atoms with E-state index in [1.165, 1.54) is 12.8 Å². The molecule has 2 rings (SSSR count). The van der Waals surface area contributed by atoms with Crippen molar-refractivity contribution in [3.63, 3.8) is 0 Å². The lowest BCUT2D eigenvalue weighted by Gasteiger charge is -2.05. The van der Waals surface area contributed by atoms with E-state index < -0.39 is 0 Å². The van der Waals surface area contributed by atoms with Gasteiger partial charge in [0.15, 0.2) is 0 Å². The van der Waals surface area contributed by atoms with Gasteiger partial charge >= 0.3 is 0 Å². The summed E-state index contributed by atoms with van der Waals surface area (Å²) in [6, 6.07) is 8.57. The molecule has 2 heteroatoms. The molecule has 1 radical (unpaired) electrons. The van der Waals surface area contributed by atoms with Crippen LogP contribution in [0.25, 0.3) is 0 Å². The van der Waals surface area contributed by atoms with Crippen LogP contribution in [-0.4, -0.2) is 13.7 Å². The third-order valence-electron chi connectivity index (χ3n) is 2.15. The summed E-state index contributed by atoms with van der Waals surface area (Å²) < 4.78 is 10.6. The van der Waals surface area contributed by atoms with Crippen molar-refractivity contribution in [2.24, 2.45) is 5.92 Å². The molecule has 13 heavy (non-hydrogen) atoms. The number of benzene rings is 1. The predicted molar refractivity (Wildman–Crippen MR) is 50.0 cm³/mol. The van der Waals surface area contributed by atoms with E-state index >= 15 is 0 Å². The van der Waals surface area contributed by atoms with Crippen LogP contribution in [0.5, 0.6) is 11.5 Å². The van der Waals surface area contributed by atoms with Crippen molar-refractivity contribution in [2.45, 2.75) is 12.8 Å². The van der Waals surface area contributed by atoms with Gasteiger partial charge in [-0.05, 0) is 30.9 Å². The van der Waals surface area contributed by atoms with Gasteiger partial charge in [-0.15, -0.1) is 0 Å². The normalized spacial score (nSPS) is 15.5. The summed E-state index contributed by atoms with van der Waals surface area (Å²) in [6.07, 6.45) is 2.62. The molecule has 0 aliphatic heterocycles. The molecule has 1 aliphatic carbocycles. The fraction of sp³-hybridized carbons (Fsp3) is 0.455. The maximum absolute atomic E-state index is 5.54. The summed E-state index contributed by atoms with van der Waals surface area (Å²) >= 11 is 0. The minimum absolute atomic E-state index is 0.777. The molecule has 0 saturated heterocycles. The maximum atomic E-state index is 5.54. The Morgan fingerprint density at radius 2 is 2.38 bits per heavy atom. The fourth-order valence-corrected chi connectivity index (χ4v) is 1.13. The molecule has 0 aromatic heterocycles. The minimum Gasteiger partial charge on any atom is -0.497 e. The zero-order chi connectivity index (χ0) is 9.10. The molecule has 2 nitrogen and oxygen atoms in total. The Morgan fingerprint density at radius 3 is 3.08 bits per heavy atom. The summed E-state index contributed by atoms with van der Waals surface area (Å²) in [6.45, 7) is 0.823. The van der Waals surface area contributed by atoms with Crippen molar-refractivity contribution < 1.29 is 9.47 Å². The van der Waals surface area contributed by atoms with Crippen molar-refractivity contribution in [3.8, 4) is 11.5 Å². The molecule has 0 bridgehead atoms. The molecule has 0 N–H and O–H groups in total. The molecule has 0 heterocycles. The number of methoxy groups -OCH3 is 1. The molecule has 1 fully saturated rings. The lowest BCUT2D eigenvalue weighted by Crippen LogP contribution is -1.98. The van der Waals surface area contributed by atoms with Gasteiger partial charge in [0.2, 0.25) is 0 Å². The zero-order valence-corrected chi connectivity index (χ0v) is 7.75. The summed E-state index contributed by atoms with van der Waals surface area (Å²) in [7, 11) is 1.65. The van der Waals surface area contributed by atoms with E-state index in [0.29, 0.717) is 0 Å². The Bertz CT molecular complexity index is 279. The molecule has 0 spiro atoms. The molecular formula is C11H13O2. The highest BCUT2D eigenvalue weighted by Gasteiger charge is 2.21. The molecule has 1 aromatic carbocycles. The van der Waals surface area contributed by atoms with Crippen LogP contribution in [-0.2, 0) is 0 Å². The van der Waals surface area contributed by atoms with Crippen molar-refractivity contribution in [1.82, 2.24) is 0 Å². The van der Waals surface area contributed by atoms with E-state index in [1.54, 1.807) is 7.11 Å². The molecule has 1 aliphatic rings. The van der Waals surface area contributed by atoms with Crippen LogP contribution in [0.3, 0.4) is 0 Å². The monoisotopic (exact) mass is 177 g/mol. The van der Waals surface area contributed by atoms with Gasteiger partial charge in [-0.2, -0.15) is 0 Å². The van der Waals surface area contributed by atoms with E-state index in [9.17, 15) is 0 Å². The second-order valence-electron chi connectivity index (χ2n) is 3.35. The number of rotatable bonds is 4. The highest BCUT2D eigenvalue weighted by atomic mass is 16.5. The fourth-order valence-electron chi connectivity index (χ4n) is 1.13. The number of hydrogen-bond acceptors (Lipinski definition) is 2. The highest BCUT2D eigenvalue weighted by Crippen LogP contribution is 2.29. The Kier molecular flexibility index (Phi) is 2.39. The Hall–Kier alpha value is -1.18. The van der Waals surface area contributed by atoms with E-state index in [1.807, 2.05) is 18.2 Å². The van der Waals surface area contributed by atoms with E-state index in [0.717, 1.165) is 24.0 Å². The average molecular weight is 177 g/mol. The third-order valence-corrected chi connectivity index (χ3v) is 2.15. The third kappa shape index (κ3) is 2.38. The first-order chi connectivity index (χ1) is 6.38. The zero-order valence-electron chi connectivity index (χ0n) is 7.75. The first-order valence-electron chi connectivity index (χ1n) is 4.57. The number of hydrogen-bond donors (Lipinski definition) is 0. The van der Waals surface area contributed by atoms with Crippen LogP contribution in [0.15, 0.2) is 18.2 Å². The van der Waals surface area contributed by atoms with Crippen LogP contribution >= 0.6 is 0 Å².